The highest BCUT2D eigenvalue weighted by Crippen LogP contribution is 2.27. The van der Waals surface area contributed by atoms with Gasteiger partial charge in [-0.1, -0.05) is 28.1 Å². The molecule has 0 heterocycles. The van der Waals surface area contributed by atoms with Crippen molar-refractivity contribution in [1.82, 2.24) is 0 Å². The monoisotopic (exact) mass is 354 g/mol. The van der Waals surface area contributed by atoms with Gasteiger partial charge >= 0.3 is 5.97 Å². The Labute approximate surface area is 129 Å². The third-order valence-corrected chi connectivity index (χ3v) is 4.38. The summed E-state index contributed by atoms with van der Waals surface area (Å²) in [6.07, 6.45) is 0. The molecule has 0 atom stereocenters. The van der Waals surface area contributed by atoms with Crippen molar-refractivity contribution in [2.24, 2.45) is 0 Å². The van der Waals surface area contributed by atoms with E-state index < -0.39 is 5.97 Å². The Balaban J connectivity index is 2.15. The highest BCUT2D eigenvalue weighted by molar-refractivity contribution is 9.10. The molecule has 0 saturated heterocycles. The second-order valence-corrected chi connectivity index (χ2v) is 6.27. The van der Waals surface area contributed by atoms with Gasteiger partial charge in [-0.25, -0.2) is 9.18 Å². The van der Waals surface area contributed by atoms with Crippen LogP contribution in [0.4, 0.5) is 4.39 Å². The number of thioether (sulfide) groups is 1. The van der Waals surface area contributed by atoms with Crippen LogP contribution in [0.5, 0.6) is 0 Å². The zero-order valence-electron chi connectivity index (χ0n) is 10.7. The molecule has 1 N–H and O–H groups in total. The average molecular weight is 355 g/mol. The van der Waals surface area contributed by atoms with Crippen molar-refractivity contribution < 1.29 is 14.3 Å². The quantitative estimate of drug-likeness (QED) is 0.794. The maximum atomic E-state index is 13.7. The van der Waals surface area contributed by atoms with E-state index >= 15 is 0 Å². The van der Waals surface area contributed by atoms with Gasteiger partial charge in [-0.2, -0.15) is 0 Å². The summed E-state index contributed by atoms with van der Waals surface area (Å²) in [6, 6.07) is 10.2. The van der Waals surface area contributed by atoms with E-state index in [0.29, 0.717) is 15.8 Å². The molecule has 0 saturated carbocycles. The molecule has 2 rings (SSSR count). The van der Waals surface area contributed by atoms with Gasteiger partial charge in [-0.15, -0.1) is 11.8 Å². The number of benzene rings is 2. The zero-order chi connectivity index (χ0) is 14.7. The second-order valence-electron chi connectivity index (χ2n) is 4.31. The molecule has 0 aliphatic rings. The van der Waals surface area contributed by atoms with E-state index in [1.807, 2.05) is 6.07 Å². The molecule has 2 nitrogen and oxygen atoms in total. The van der Waals surface area contributed by atoms with Crippen LogP contribution in [-0.4, -0.2) is 11.1 Å². The van der Waals surface area contributed by atoms with Crippen molar-refractivity contribution in [2.75, 3.05) is 0 Å². The molecular weight excluding hydrogens is 343 g/mol. The van der Waals surface area contributed by atoms with Gasteiger partial charge in [0.05, 0.1) is 5.56 Å². The number of hydrogen-bond acceptors (Lipinski definition) is 2. The number of halogens is 2. The fourth-order valence-corrected chi connectivity index (χ4v) is 2.98. The summed E-state index contributed by atoms with van der Waals surface area (Å²) in [7, 11) is 0. The fraction of sp³-hybridized carbons (Fsp3) is 0.133. The molecule has 0 aliphatic heterocycles. The van der Waals surface area contributed by atoms with E-state index in [1.165, 1.54) is 17.8 Å². The summed E-state index contributed by atoms with van der Waals surface area (Å²) in [6.45, 7) is 1.76. The summed E-state index contributed by atoms with van der Waals surface area (Å²) in [5.41, 5.74) is 1.60. The smallest absolute Gasteiger partial charge is 0.335 e. The van der Waals surface area contributed by atoms with E-state index in [4.69, 9.17) is 5.11 Å². The number of carboxylic acid groups (broad SMARTS) is 1. The van der Waals surface area contributed by atoms with Crippen molar-refractivity contribution in [3.05, 3.63) is 63.4 Å². The van der Waals surface area contributed by atoms with Gasteiger partial charge in [0.1, 0.15) is 5.82 Å². The molecule has 0 radical (unpaired) electrons. The van der Waals surface area contributed by atoms with Gasteiger partial charge in [0.25, 0.3) is 0 Å². The van der Waals surface area contributed by atoms with Crippen LogP contribution < -0.4 is 0 Å². The molecule has 0 aliphatic carbocycles. The number of carboxylic acids is 1. The van der Waals surface area contributed by atoms with E-state index in [1.54, 1.807) is 31.2 Å². The van der Waals surface area contributed by atoms with Crippen LogP contribution in [0, 0.1) is 12.7 Å². The average Bonchev–Trinajstić information content (AvgIpc) is 2.39. The lowest BCUT2D eigenvalue weighted by molar-refractivity contribution is 0.0696. The Morgan fingerprint density at radius 1 is 1.30 bits per heavy atom. The first-order chi connectivity index (χ1) is 9.47. The molecule has 0 bridgehead atoms. The van der Waals surface area contributed by atoms with Gasteiger partial charge in [0.15, 0.2) is 0 Å². The van der Waals surface area contributed by atoms with Crippen LogP contribution in [0.25, 0.3) is 0 Å². The fourth-order valence-electron chi connectivity index (χ4n) is 1.72. The molecule has 0 spiro atoms. The minimum Gasteiger partial charge on any atom is -0.478 e. The summed E-state index contributed by atoms with van der Waals surface area (Å²) in [5, 5.41) is 9.08. The molecule has 0 aromatic heterocycles. The molecule has 104 valence electrons. The largest absolute Gasteiger partial charge is 0.478 e. The molecule has 20 heavy (non-hydrogen) atoms. The van der Waals surface area contributed by atoms with Crippen LogP contribution >= 0.6 is 27.7 Å². The maximum Gasteiger partial charge on any atom is 0.335 e. The van der Waals surface area contributed by atoms with Crippen LogP contribution in [0.15, 0.2) is 45.8 Å². The van der Waals surface area contributed by atoms with E-state index in [2.05, 4.69) is 15.9 Å². The van der Waals surface area contributed by atoms with Crippen LogP contribution in [-0.2, 0) is 5.75 Å². The van der Waals surface area contributed by atoms with Gasteiger partial charge in [-0.3, -0.25) is 0 Å². The van der Waals surface area contributed by atoms with Crippen molar-refractivity contribution in [3.8, 4) is 0 Å². The van der Waals surface area contributed by atoms with Crippen molar-refractivity contribution in [2.45, 2.75) is 17.6 Å². The first-order valence-corrected chi connectivity index (χ1v) is 7.66. The molecule has 0 amide bonds. The van der Waals surface area contributed by atoms with Gasteiger partial charge < -0.3 is 5.11 Å². The minimum absolute atomic E-state index is 0.266. The molecule has 0 fully saturated rings. The Hall–Kier alpha value is -1.33. The van der Waals surface area contributed by atoms with Gasteiger partial charge in [0, 0.05) is 15.1 Å². The van der Waals surface area contributed by atoms with Crippen LogP contribution in [0.1, 0.15) is 21.5 Å². The highest BCUT2D eigenvalue weighted by Gasteiger charge is 2.09. The lowest BCUT2D eigenvalue weighted by atomic mass is 10.1. The lowest BCUT2D eigenvalue weighted by Crippen LogP contribution is -1.99. The number of carbonyl (C=O) groups is 1. The highest BCUT2D eigenvalue weighted by atomic mass is 79.9. The number of aromatic carboxylic acids is 1. The topological polar surface area (TPSA) is 37.3 Å². The summed E-state index contributed by atoms with van der Waals surface area (Å²) >= 11 is 4.63. The van der Waals surface area contributed by atoms with Crippen molar-refractivity contribution in [3.63, 3.8) is 0 Å². The normalized spacial score (nSPS) is 10.6. The molecule has 2 aromatic rings. The summed E-state index contributed by atoms with van der Waals surface area (Å²) in [4.78, 5) is 11.9. The maximum absolute atomic E-state index is 13.7. The molecule has 0 unspecified atom stereocenters. The van der Waals surface area contributed by atoms with Crippen molar-refractivity contribution in [1.29, 1.82) is 0 Å². The van der Waals surface area contributed by atoms with Gasteiger partial charge in [0.2, 0.25) is 0 Å². The predicted molar refractivity (Wildman–Crippen MR) is 81.8 cm³/mol. The Bertz CT molecular complexity index is 658. The Kier molecular flexibility index (Phi) is 4.83. The molecular formula is C15H12BrFO2S. The van der Waals surface area contributed by atoms with E-state index in [9.17, 15) is 9.18 Å². The van der Waals surface area contributed by atoms with E-state index in [-0.39, 0.29) is 11.4 Å². The zero-order valence-corrected chi connectivity index (χ0v) is 13.1. The molecule has 5 heteroatoms. The minimum atomic E-state index is -0.945. The Morgan fingerprint density at radius 2 is 2.05 bits per heavy atom. The third kappa shape index (κ3) is 3.61. The summed E-state index contributed by atoms with van der Waals surface area (Å²) < 4.78 is 14.4. The van der Waals surface area contributed by atoms with Gasteiger partial charge in [-0.05, 0) is 42.3 Å². The standard InChI is InChI=1S/C15H12BrFO2S/c1-9-2-5-12(7-13(9)15(18)19)20-8-10-3-4-11(16)6-14(10)17/h2-7H,8H2,1H3,(H,18,19). The SMILES string of the molecule is Cc1ccc(SCc2ccc(Br)cc2F)cc1C(=O)O. The van der Waals surface area contributed by atoms with E-state index in [0.717, 1.165) is 10.5 Å². The van der Waals surface area contributed by atoms with Crippen LogP contribution in [0.2, 0.25) is 0 Å². The number of hydrogen-bond donors (Lipinski definition) is 1. The predicted octanol–water partition coefficient (Wildman–Crippen LogP) is 4.89. The molecule has 2 aromatic carbocycles. The Morgan fingerprint density at radius 3 is 2.70 bits per heavy atom. The third-order valence-electron chi connectivity index (χ3n) is 2.85. The van der Waals surface area contributed by atoms with Crippen LogP contribution in [0.3, 0.4) is 0 Å². The van der Waals surface area contributed by atoms with Crippen molar-refractivity contribution >= 4 is 33.7 Å². The first kappa shape index (κ1) is 15.1. The number of aryl methyl sites for hydroxylation is 1. The first-order valence-electron chi connectivity index (χ1n) is 5.88. The lowest BCUT2D eigenvalue weighted by Gasteiger charge is -2.06. The second kappa shape index (κ2) is 6.41. The summed E-state index contributed by atoms with van der Waals surface area (Å²) in [5.74, 6) is -0.751. The number of rotatable bonds is 4.